The average molecular weight is 194 g/mol. The summed E-state index contributed by atoms with van der Waals surface area (Å²) in [7, 11) is 0. The monoisotopic (exact) mass is 194 g/mol. The first-order valence-electron chi connectivity index (χ1n) is 4.80. The molecule has 78 valence electrons. The molecule has 1 amide bonds. The summed E-state index contributed by atoms with van der Waals surface area (Å²) in [6.45, 7) is 13.1. The molecule has 0 aromatic carbocycles. The van der Waals surface area contributed by atoms with E-state index in [2.05, 4.69) is 23.6 Å². The molecular formula is C11H18N2O. The molecule has 1 rings (SSSR count). The van der Waals surface area contributed by atoms with Crippen LogP contribution >= 0.6 is 0 Å². The lowest BCUT2D eigenvalue weighted by Crippen LogP contribution is -2.27. The molecule has 1 N–H and O–H groups in total. The van der Waals surface area contributed by atoms with Crippen molar-refractivity contribution in [3.63, 3.8) is 0 Å². The fraction of sp³-hybridized carbons (Fsp3) is 0.455. The summed E-state index contributed by atoms with van der Waals surface area (Å²) >= 11 is 0. The van der Waals surface area contributed by atoms with Gasteiger partial charge in [0.1, 0.15) is 5.82 Å². The van der Waals surface area contributed by atoms with E-state index in [0.717, 1.165) is 17.6 Å². The Labute approximate surface area is 85.6 Å². The highest BCUT2D eigenvalue weighted by atomic mass is 16.1. The zero-order valence-electron chi connectivity index (χ0n) is 9.18. The minimum absolute atomic E-state index is 0.00222. The Bertz CT molecular complexity index is 277. The maximum atomic E-state index is 10.9. The summed E-state index contributed by atoms with van der Waals surface area (Å²) in [6, 6.07) is 0. The third kappa shape index (κ3) is 3.17. The molecule has 14 heavy (non-hydrogen) atoms. The zero-order chi connectivity index (χ0) is 11.1. The first kappa shape index (κ1) is 12.6. The summed E-state index contributed by atoms with van der Waals surface area (Å²) < 4.78 is 0. The topological polar surface area (TPSA) is 41.5 Å². The van der Waals surface area contributed by atoms with Crippen LogP contribution in [0.25, 0.3) is 0 Å². The smallest absolute Gasteiger partial charge is 0.225 e. The van der Waals surface area contributed by atoms with Crippen molar-refractivity contribution in [1.29, 1.82) is 0 Å². The molecule has 0 aromatic heterocycles. The number of nitrogens with one attached hydrogen (secondary N) is 1. The van der Waals surface area contributed by atoms with E-state index in [-0.39, 0.29) is 5.91 Å². The molecular weight excluding hydrogens is 176 g/mol. The van der Waals surface area contributed by atoms with E-state index in [1.54, 1.807) is 0 Å². The number of hydrogen-bond acceptors (Lipinski definition) is 2. The fourth-order valence-corrected chi connectivity index (χ4v) is 1.18. The number of allylic oxidation sites excluding steroid dienone is 2. The quantitative estimate of drug-likeness (QED) is 0.674. The molecule has 1 heterocycles. The van der Waals surface area contributed by atoms with E-state index in [1.807, 2.05) is 20.8 Å². The second-order valence-corrected chi connectivity index (χ2v) is 2.81. The van der Waals surface area contributed by atoms with Crippen LogP contribution < -0.4 is 5.32 Å². The van der Waals surface area contributed by atoms with Crippen molar-refractivity contribution >= 4 is 12.6 Å². The SMILES string of the molecule is C=NC1=C(C(=C)C)CCC(=O)N1.CC. The molecule has 0 radical (unpaired) electrons. The van der Waals surface area contributed by atoms with Crippen molar-refractivity contribution in [2.24, 2.45) is 4.99 Å². The summed E-state index contributed by atoms with van der Waals surface area (Å²) in [5, 5.41) is 2.65. The van der Waals surface area contributed by atoms with Crippen LogP contribution in [0.5, 0.6) is 0 Å². The van der Waals surface area contributed by atoms with Crippen LogP contribution in [-0.2, 0) is 4.79 Å². The van der Waals surface area contributed by atoms with Crippen LogP contribution in [0.2, 0.25) is 0 Å². The van der Waals surface area contributed by atoms with E-state index < -0.39 is 0 Å². The molecule has 0 atom stereocenters. The van der Waals surface area contributed by atoms with Gasteiger partial charge >= 0.3 is 0 Å². The van der Waals surface area contributed by atoms with E-state index in [1.165, 1.54) is 0 Å². The normalized spacial score (nSPS) is 15.2. The maximum Gasteiger partial charge on any atom is 0.225 e. The average Bonchev–Trinajstić information content (AvgIpc) is 2.20. The number of rotatable bonds is 2. The third-order valence-corrected chi connectivity index (χ3v) is 1.82. The lowest BCUT2D eigenvalue weighted by molar-refractivity contribution is -0.120. The Balaban J connectivity index is 0.000000791. The van der Waals surface area contributed by atoms with Crippen molar-refractivity contribution in [3.05, 3.63) is 23.5 Å². The minimum Gasteiger partial charge on any atom is -0.310 e. The van der Waals surface area contributed by atoms with Crippen LogP contribution in [0.1, 0.15) is 33.6 Å². The third-order valence-electron chi connectivity index (χ3n) is 1.82. The number of carbonyl (C=O) groups excluding carboxylic acids is 1. The van der Waals surface area contributed by atoms with Gasteiger partial charge in [-0.2, -0.15) is 0 Å². The molecule has 0 unspecified atom stereocenters. The fourth-order valence-electron chi connectivity index (χ4n) is 1.18. The largest absolute Gasteiger partial charge is 0.310 e. The standard InChI is InChI=1S/C9H12N2O.C2H6/c1-6(2)7-4-5-8(12)11-9(7)10-3;1-2/h1,3-5H2,2H3,(H,11,12);1-2H3. The Morgan fingerprint density at radius 2 is 2.00 bits per heavy atom. The van der Waals surface area contributed by atoms with Crippen molar-refractivity contribution in [3.8, 4) is 0 Å². The lowest BCUT2D eigenvalue weighted by Gasteiger charge is -2.17. The number of hydrogen-bond donors (Lipinski definition) is 1. The number of carbonyl (C=O) groups is 1. The number of nitrogens with zero attached hydrogens (tertiary/aromatic N) is 1. The first-order chi connectivity index (χ1) is 6.65. The van der Waals surface area contributed by atoms with E-state index in [4.69, 9.17) is 0 Å². The Kier molecular flexibility index (Phi) is 5.53. The van der Waals surface area contributed by atoms with Gasteiger partial charge in [0.25, 0.3) is 0 Å². The van der Waals surface area contributed by atoms with Crippen LogP contribution in [0.4, 0.5) is 0 Å². The van der Waals surface area contributed by atoms with Gasteiger partial charge in [-0.3, -0.25) is 4.79 Å². The predicted octanol–water partition coefficient (Wildman–Crippen LogP) is 2.41. The molecule has 0 fully saturated rings. The van der Waals surface area contributed by atoms with E-state index >= 15 is 0 Å². The van der Waals surface area contributed by atoms with Crippen molar-refractivity contribution in [2.45, 2.75) is 33.6 Å². The predicted molar refractivity (Wildman–Crippen MR) is 60.1 cm³/mol. The molecule has 0 aromatic rings. The van der Waals surface area contributed by atoms with Crippen LogP contribution in [-0.4, -0.2) is 12.6 Å². The van der Waals surface area contributed by atoms with Gasteiger partial charge in [0.2, 0.25) is 5.91 Å². The summed E-state index contributed by atoms with van der Waals surface area (Å²) in [4.78, 5) is 14.7. The molecule has 0 spiro atoms. The van der Waals surface area contributed by atoms with Gasteiger partial charge < -0.3 is 5.32 Å². The lowest BCUT2D eigenvalue weighted by atomic mass is 10.0. The van der Waals surface area contributed by atoms with Crippen molar-refractivity contribution in [2.75, 3.05) is 0 Å². The Hall–Kier alpha value is -1.38. The van der Waals surface area contributed by atoms with Gasteiger partial charge in [-0.25, -0.2) is 4.99 Å². The molecule has 0 aliphatic carbocycles. The highest BCUT2D eigenvalue weighted by molar-refractivity contribution is 5.80. The van der Waals surface area contributed by atoms with Crippen LogP contribution in [0, 0.1) is 0 Å². The highest BCUT2D eigenvalue weighted by Crippen LogP contribution is 2.21. The van der Waals surface area contributed by atoms with E-state index in [9.17, 15) is 4.79 Å². The number of aliphatic imine (C=N–C) groups is 1. The molecule has 1 aliphatic rings. The molecule has 0 saturated carbocycles. The maximum absolute atomic E-state index is 10.9. The summed E-state index contributed by atoms with van der Waals surface area (Å²) in [5.41, 5.74) is 1.95. The zero-order valence-corrected chi connectivity index (χ0v) is 9.18. The van der Waals surface area contributed by atoms with Gasteiger partial charge in [0.05, 0.1) is 0 Å². The summed E-state index contributed by atoms with van der Waals surface area (Å²) in [5.74, 6) is 0.571. The molecule has 3 heteroatoms. The molecule has 3 nitrogen and oxygen atoms in total. The van der Waals surface area contributed by atoms with Gasteiger partial charge in [-0.1, -0.05) is 26.0 Å². The minimum atomic E-state index is 0.00222. The molecule has 1 aliphatic heterocycles. The van der Waals surface area contributed by atoms with Crippen molar-refractivity contribution in [1.82, 2.24) is 5.32 Å². The van der Waals surface area contributed by atoms with Gasteiger partial charge in [0.15, 0.2) is 0 Å². The second kappa shape index (κ2) is 6.13. The van der Waals surface area contributed by atoms with Gasteiger partial charge in [-0.15, -0.1) is 0 Å². The summed E-state index contributed by atoms with van der Waals surface area (Å²) in [6.07, 6.45) is 1.23. The Morgan fingerprint density at radius 3 is 2.43 bits per heavy atom. The van der Waals surface area contributed by atoms with Crippen LogP contribution in [0.15, 0.2) is 28.5 Å². The first-order valence-corrected chi connectivity index (χ1v) is 4.80. The van der Waals surface area contributed by atoms with Gasteiger partial charge in [0, 0.05) is 6.42 Å². The number of amides is 1. The second-order valence-electron chi connectivity index (χ2n) is 2.81. The highest BCUT2D eigenvalue weighted by Gasteiger charge is 2.16. The molecule has 0 bridgehead atoms. The Morgan fingerprint density at radius 1 is 1.43 bits per heavy atom. The van der Waals surface area contributed by atoms with Crippen LogP contribution in [0.3, 0.4) is 0 Å². The molecule has 0 saturated heterocycles. The van der Waals surface area contributed by atoms with E-state index in [0.29, 0.717) is 12.2 Å². The van der Waals surface area contributed by atoms with Gasteiger partial charge in [-0.05, 0) is 25.6 Å². The van der Waals surface area contributed by atoms with Crippen molar-refractivity contribution < 1.29 is 4.79 Å².